The van der Waals surface area contributed by atoms with E-state index in [0.717, 1.165) is 30.6 Å². The van der Waals surface area contributed by atoms with Crippen LogP contribution in [0.4, 0.5) is 0 Å². The van der Waals surface area contributed by atoms with E-state index < -0.39 is 0 Å². The van der Waals surface area contributed by atoms with Gasteiger partial charge in [-0.15, -0.1) is 0 Å². The number of nitrogens with zero attached hydrogens (tertiary/aromatic N) is 4. The maximum Gasteiger partial charge on any atom is 0.259 e. The Bertz CT molecular complexity index is 846. The molecular weight excluding hydrogens is 380 g/mol. The number of amides is 1. The summed E-state index contributed by atoms with van der Waals surface area (Å²) in [5.74, 6) is 0.274. The van der Waals surface area contributed by atoms with E-state index in [-0.39, 0.29) is 30.6 Å². The predicted octanol–water partition coefficient (Wildman–Crippen LogP) is 2.71. The van der Waals surface area contributed by atoms with Crippen molar-refractivity contribution in [2.24, 2.45) is 5.92 Å². The Morgan fingerprint density at radius 3 is 2.83 bits per heavy atom. The highest BCUT2D eigenvalue weighted by molar-refractivity contribution is 5.98. The molecule has 0 saturated heterocycles. The average Bonchev–Trinajstić information content (AvgIpc) is 2.76. The molecule has 0 bridgehead atoms. The fourth-order valence-corrected chi connectivity index (χ4v) is 3.79. The molecule has 0 unspecified atom stereocenters. The van der Waals surface area contributed by atoms with Gasteiger partial charge in [-0.05, 0) is 39.1 Å². The van der Waals surface area contributed by atoms with Crippen LogP contribution >= 0.6 is 0 Å². The second kappa shape index (κ2) is 10.00. The van der Waals surface area contributed by atoms with Gasteiger partial charge >= 0.3 is 0 Å². The molecule has 2 aromatic heterocycles. The quantitative estimate of drug-likeness (QED) is 0.753. The molecule has 3 heterocycles. The standard InChI is InChI=1S/C23H32N4O3/c1-5-9-26(4)14-21-16(2)13-27(17(3)15-28)23(29)20-10-19(12-25-22(20)30-21)18-7-6-8-24-11-18/h6-8,10-12,16-17,21,28H,5,9,13-15H2,1-4H3/t16-,17-,21-/m1/s1. The number of pyridine rings is 2. The minimum atomic E-state index is -0.290. The number of carbonyl (C=O) groups is 1. The smallest absolute Gasteiger partial charge is 0.259 e. The minimum Gasteiger partial charge on any atom is -0.472 e. The van der Waals surface area contributed by atoms with Crippen LogP contribution in [0.5, 0.6) is 5.88 Å². The van der Waals surface area contributed by atoms with Crippen molar-refractivity contribution in [3.05, 3.63) is 42.4 Å². The van der Waals surface area contributed by atoms with Crippen LogP contribution in [0.1, 0.15) is 37.6 Å². The van der Waals surface area contributed by atoms with Gasteiger partial charge in [0.15, 0.2) is 0 Å². The first-order valence-electron chi connectivity index (χ1n) is 10.6. The number of fused-ring (bicyclic) bond motifs is 1. The first-order chi connectivity index (χ1) is 14.4. The summed E-state index contributed by atoms with van der Waals surface area (Å²) in [5, 5.41) is 9.76. The second-order valence-corrected chi connectivity index (χ2v) is 8.20. The number of likely N-dealkylation sites (N-methyl/N-ethyl adjacent to an activating group) is 1. The molecule has 0 aromatic carbocycles. The van der Waals surface area contributed by atoms with Crippen LogP contribution in [0.2, 0.25) is 0 Å². The Morgan fingerprint density at radius 2 is 2.17 bits per heavy atom. The van der Waals surface area contributed by atoms with Crippen molar-refractivity contribution in [2.75, 3.05) is 33.3 Å². The van der Waals surface area contributed by atoms with Crippen molar-refractivity contribution in [2.45, 2.75) is 39.3 Å². The van der Waals surface area contributed by atoms with Crippen molar-refractivity contribution in [3.63, 3.8) is 0 Å². The molecule has 0 radical (unpaired) electrons. The predicted molar refractivity (Wildman–Crippen MR) is 116 cm³/mol. The Morgan fingerprint density at radius 1 is 1.37 bits per heavy atom. The molecule has 7 nitrogen and oxygen atoms in total. The zero-order valence-corrected chi connectivity index (χ0v) is 18.3. The van der Waals surface area contributed by atoms with Crippen LogP contribution in [-0.4, -0.2) is 76.2 Å². The third kappa shape index (κ3) is 4.96. The van der Waals surface area contributed by atoms with Crippen molar-refractivity contribution >= 4 is 5.91 Å². The maximum absolute atomic E-state index is 13.4. The van der Waals surface area contributed by atoms with Gasteiger partial charge in [-0.1, -0.05) is 19.9 Å². The monoisotopic (exact) mass is 412 g/mol. The molecule has 1 aliphatic heterocycles. The fourth-order valence-electron chi connectivity index (χ4n) is 3.79. The highest BCUT2D eigenvalue weighted by Crippen LogP contribution is 2.30. The summed E-state index contributed by atoms with van der Waals surface area (Å²) in [7, 11) is 2.08. The number of aromatic nitrogens is 2. The molecule has 0 spiro atoms. The van der Waals surface area contributed by atoms with Crippen LogP contribution in [0.15, 0.2) is 36.8 Å². The van der Waals surface area contributed by atoms with Gasteiger partial charge in [0.2, 0.25) is 5.88 Å². The Balaban J connectivity index is 2.01. The second-order valence-electron chi connectivity index (χ2n) is 8.20. The van der Waals surface area contributed by atoms with Gasteiger partial charge in [0.05, 0.1) is 12.6 Å². The number of hydrogen-bond acceptors (Lipinski definition) is 6. The summed E-state index contributed by atoms with van der Waals surface area (Å²) < 4.78 is 6.31. The summed E-state index contributed by atoms with van der Waals surface area (Å²) in [6, 6.07) is 5.32. The Labute approximate surface area is 178 Å². The fraction of sp³-hybridized carbons (Fsp3) is 0.522. The molecule has 30 heavy (non-hydrogen) atoms. The molecule has 1 amide bonds. The third-order valence-corrected chi connectivity index (χ3v) is 5.61. The van der Waals surface area contributed by atoms with Crippen LogP contribution in [0.3, 0.4) is 0 Å². The molecule has 0 aliphatic carbocycles. The summed E-state index contributed by atoms with van der Waals surface area (Å²) in [6.45, 7) is 8.25. The Hall–Kier alpha value is -2.51. The van der Waals surface area contributed by atoms with E-state index in [1.165, 1.54) is 0 Å². The van der Waals surface area contributed by atoms with Crippen molar-refractivity contribution < 1.29 is 14.6 Å². The largest absolute Gasteiger partial charge is 0.472 e. The lowest BCUT2D eigenvalue weighted by Crippen LogP contribution is -2.50. The lowest BCUT2D eigenvalue weighted by Gasteiger charge is -2.37. The molecule has 3 rings (SSSR count). The highest BCUT2D eigenvalue weighted by Gasteiger charge is 2.34. The van der Waals surface area contributed by atoms with Crippen molar-refractivity contribution in [3.8, 4) is 17.0 Å². The Kier molecular flexibility index (Phi) is 7.39. The summed E-state index contributed by atoms with van der Waals surface area (Å²) in [6.07, 6.45) is 6.13. The van der Waals surface area contributed by atoms with Crippen molar-refractivity contribution in [1.29, 1.82) is 0 Å². The van der Waals surface area contributed by atoms with Gasteiger partial charge in [-0.2, -0.15) is 0 Å². The van der Waals surface area contributed by atoms with E-state index in [2.05, 4.69) is 35.8 Å². The number of carbonyl (C=O) groups excluding carboxylic acids is 1. The zero-order valence-electron chi connectivity index (χ0n) is 18.3. The van der Waals surface area contributed by atoms with Crippen LogP contribution < -0.4 is 4.74 Å². The highest BCUT2D eigenvalue weighted by atomic mass is 16.5. The summed E-state index contributed by atoms with van der Waals surface area (Å²) in [4.78, 5) is 26.1. The maximum atomic E-state index is 13.4. The number of ether oxygens (including phenoxy) is 1. The molecule has 3 atom stereocenters. The van der Waals surface area contributed by atoms with Gasteiger partial charge in [-0.3, -0.25) is 9.78 Å². The van der Waals surface area contributed by atoms with E-state index in [9.17, 15) is 9.90 Å². The van der Waals surface area contributed by atoms with E-state index in [0.29, 0.717) is 18.0 Å². The minimum absolute atomic E-state index is 0.0925. The van der Waals surface area contributed by atoms with Crippen LogP contribution in [-0.2, 0) is 0 Å². The van der Waals surface area contributed by atoms with Gasteiger partial charge in [0.25, 0.3) is 5.91 Å². The van der Waals surface area contributed by atoms with Crippen LogP contribution in [0.25, 0.3) is 11.1 Å². The van der Waals surface area contributed by atoms with Gasteiger partial charge in [-0.25, -0.2) is 4.98 Å². The molecule has 2 aromatic rings. The van der Waals surface area contributed by atoms with Gasteiger partial charge in [0, 0.05) is 48.7 Å². The first-order valence-corrected chi connectivity index (χ1v) is 10.6. The van der Waals surface area contributed by atoms with E-state index >= 15 is 0 Å². The van der Waals surface area contributed by atoms with Crippen LogP contribution in [0, 0.1) is 5.92 Å². The van der Waals surface area contributed by atoms with Gasteiger partial charge in [0.1, 0.15) is 11.7 Å². The van der Waals surface area contributed by atoms with Crippen molar-refractivity contribution in [1.82, 2.24) is 19.8 Å². The third-order valence-electron chi connectivity index (χ3n) is 5.61. The summed E-state index contributed by atoms with van der Waals surface area (Å²) in [5.41, 5.74) is 2.12. The van der Waals surface area contributed by atoms with Gasteiger partial charge < -0.3 is 19.6 Å². The molecule has 7 heteroatoms. The van der Waals surface area contributed by atoms with E-state index in [1.807, 2.05) is 25.1 Å². The molecule has 1 aliphatic rings. The number of hydrogen-bond donors (Lipinski definition) is 1. The first kappa shape index (κ1) is 22.2. The number of rotatable bonds is 7. The molecule has 0 saturated carbocycles. The molecule has 0 fully saturated rings. The lowest BCUT2D eigenvalue weighted by atomic mass is 9.99. The normalized spacial score (nSPS) is 20.3. The summed E-state index contributed by atoms with van der Waals surface area (Å²) >= 11 is 0. The number of aliphatic hydroxyl groups excluding tert-OH is 1. The molecule has 1 N–H and O–H groups in total. The SMILES string of the molecule is CCCN(C)C[C@H]1Oc2ncc(-c3cccnc3)cc2C(=O)N([C@H](C)CO)C[C@H]1C. The van der Waals surface area contributed by atoms with E-state index in [4.69, 9.17) is 4.74 Å². The molecular formula is C23H32N4O3. The zero-order chi connectivity index (χ0) is 21.7. The average molecular weight is 413 g/mol. The number of aliphatic hydroxyl groups is 1. The lowest BCUT2D eigenvalue weighted by molar-refractivity contribution is 0.0331. The molecule has 162 valence electrons. The topological polar surface area (TPSA) is 78.8 Å². The van der Waals surface area contributed by atoms with E-state index in [1.54, 1.807) is 23.5 Å².